The van der Waals surface area contributed by atoms with Gasteiger partial charge >= 0.3 is 0 Å². The molecule has 5 heteroatoms. The lowest BCUT2D eigenvalue weighted by Crippen LogP contribution is -2.27. The average molecular weight is 236 g/mol. The van der Waals surface area contributed by atoms with E-state index in [9.17, 15) is 14.7 Å². The van der Waals surface area contributed by atoms with Crippen LogP contribution in [0.2, 0.25) is 0 Å². The summed E-state index contributed by atoms with van der Waals surface area (Å²) in [6.45, 7) is 0.412. The van der Waals surface area contributed by atoms with Crippen LogP contribution in [0.25, 0.3) is 0 Å². The second-order valence-corrected chi connectivity index (χ2v) is 3.73. The first-order valence-corrected chi connectivity index (χ1v) is 5.41. The molecular formula is C12H16N2O3. The molecule has 17 heavy (non-hydrogen) atoms. The van der Waals surface area contributed by atoms with E-state index in [-0.39, 0.29) is 30.4 Å². The lowest BCUT2D eigenvalue weighted by molar-refractivity contribution is -0.121. The summed E-state index contributed by atoms with van der Waals surface area (Å²) in [5.74, 6) is -0.448. The average Bonchev–Trinajstić information content (AvgIpc) is 2.27. The van der Waals surface area contributed by atoms with Gasteiger partial charge in [-0.1, -0.05) is 18.2 Å². The predicted molar refractivity (Wildman–Crippen MR) is 63.2 cm³/mol. The van der Waals surface area contributed by atoms with Crippen LogP contribution in [-0.4, -0.2) is 23.5 Å². The quantitative estimate of drug-likeness (QED) is 0.621. The Morgan fingerprint density at radius 2 is 2.00 bits per heavy atom. The largest absolute Gasteiger partial charge is 0.508 e. The topological polar surface area (TPSA) is 92.4 Å². The number of aromatic hydroxyl groups is 1. The normalized spacial score (nSPS) is 9.88. The van der Waals surface area contributed by atoms with Gasteiger partial charge in [-0.15, -0.1) is 0 Å². The Kier molecular flexibility index (Phi) is 5.00. The monoisotopic (exact) mass is 236 g/mol. The molecule has 1 aromatic carbocycles. The molecule has 0 aliphatic carbocycles. The molecule has 0 atom stereocenters. The van der Waals surface area contributed by atoms with Gasteiger partial charge in [-0.25, -0.2) is 0 Å². The van der Waals surface area contributed by atoms with Gasteiger partial charge in [0.1, 0.15) is 5.75 Å². The van der Waals surface area contributed by atoms with E-state index in [1.54, 1.807) is 18.2 Å². The van der Waals surface area contributed by atoms with Crippen LogP contribution in [0.1, 0.15) is 18.4 Å². The standard InChI is InChI=1S/C12H16N2O3/c13-11(16)6-3-7-14-12(17)8-9-4-1-2-5-10(9)15/h1-2,4-5,15H,3,6-8H2,(H2,13,16)(H,14,17). The highest BCUT2D eigenvalue weighted by atomic mass is 16.3. The molecule has 0 fully saturated rings. The van der Waals surface area contributed by atoms with Crippen molar-refractivity contribution in [1.29, 1.82) is 0 Å². The van der Waals surface area contributed by atoms with Crippen molar-refractivity contribution in [2.24, 2.45) is 5.73 Å². The number of nitrogens with one attached hydrogen (secondary N) is 1. The Morgan fingerprint density at radius 1 is 1.29 bits per heavy atom. The van der Waals surface area contributed by atoms with Gasteiger partial charge in [0.25, 0.3) is 0 Å². The van der Waals surface area contributed by atoms with Crippen LogP contribution in [0.4, 0.5) is 0 Å². The van der Waals surface area contributed by atoms with Gasteiger partial charge in [0.2, 0.25) is 11.8 Å². The zero-order chi connectivity index (χ0) is 12.7. The minimum atomic E-state index is -0.375. The van der Waals surface area contributed by atoms with Crippen molar-refractivity contribution >= 4 is 11.8 Å². The maximum Gasteiger partial charge on any atom is 0.224 e. The molecule has 0 aliphatic rings. The minimum Gasteiger partial charge on any atom is -0.508 e. The number of rotatable bonds is 6. The van der Waals surface area contributed by atoms with Crippen molar-refractivity contribution in [3.8, 4) is 5.75 Å². The molecule has 0 unspecified atom stereocenters. The molecule has 1 rings (SSSR count). The summed E-state index contributed by atoms with van der Waals surface area (Å²) in [5.41, 5.74) is 5.55. The Labute approximate surface area is 99.6 Å². The van der Waals surface area contributed by atoms with Crippen LogP contribution in [-0.2, 0) is 16.0 Å². The first-order chi connectivity index (χ1) is 8.09. The summed E-state index contributed by atoms with van der Waals surface area (Å²) in [6.07, 6.45) is 0.919. The molecule has 0 aliphatic heterocycles. The van der Waals surface area contributed by atoms with Crippen molar-refractivity contribution in [3.63, 3.8) is 0 Å². The number of hydrogen-bond donors (Lipinski definition) is 3. The third kappa shape index (κ3) is 5.01. The molecule has 0 spiro atoms. The van der Waals surface area contributed by atoms with Crippen molar-refractivity contribution in [2.75, 3.05) is 6.54 Å². The number of nitrogens with two attached hydrogens (primary N) is 1. The molecule has 4 N–H and O–H groups in total. The fourth-order valence-electron chi connectivity index (χ4n) is 1.39. The highest BCUT2D eigenvalue weighted by molar-refractivity contribution is 5.79. The van der Waals surface area contributed by atoms with Crippen molar-refractivity contribution in [2.45, 2.75) is 19.3 Å². The maximum absolute atomic E-state index is 11.5. The first-order valence-electron chi connectivity index (χ1n) is 5.41. The third-order valence-electron chi connectivity index (χ3n) is 2.26. The molecule has 0 saturated carbocycles. The number of para-hydroxylation sites is 1. The van der Waals surface area contributed by atoms with E-state index < -0.39 is 0 Å². The van der Waals surface area contributed by atoms with Crippen LogP contribution in [0.15, 0.2) is 24.3 Å². The van der Waals surface area contributed by atoms with Crippen LogP contribution in [0, 0.1) is 0 Å². The van der Waals surface area contributed by atoms with Gasteiger partial charge in [0.05, 0.1) is 6.42 Å². The fraction of sp³-hybridized carbons (Fsp3) is 0.333. The number of hydrogen-bond acceptors (Lipinski definition) is 3. The molecule has 1 aromatic rings. The zero-order valence-electron chi connectivity index (χ0n) is 9.48. The minimum absolute atomic E-state index is 0.111. The van der Waals surface area contributed by atoms with E-state index in [0.29, 0.717) is 18.5 Å². The Morgan fingerprint density at radius 3 is 2.65 bits per heavy atom. The lowest BCUT2D eigenvalue weighted by Gasteiger charge is -2.05. The molecule has 2 amide bonds. The third-order valence-corrected chi connectivity index (χ3v) is 2.26. The predicted octanol–water partition coefficient (Wildman–Crippen LogP) is 0.316. The summed E-state index contributed by atoms with van der Waals surface area (Å²) >= 11 is 0. The molecule has 0 aromatic heterocycles. The molecule has 0 radical (unpaired) electrons. The van der Waals surface area contributed by atoms with E-state index in [1.807, 2.05) is 0 Å². The first kappa shape index (κ1) is 13.0. The van der Waals surface area contributed by atoms with Crippen molar-refractivity contribution in [3.05, 3.63) is 29.8 Å². The molecule has 0 bridgehead atoms. The van der Waals surface area contributed by atoms with Crippen LogP contribution >= 0.6 is 0 Å². The smallest absolute Gasteiger partial charge is 0.224 e. The number of carbonyl (C=O) groups excluding carboxylic acids is 2. The molecule has 0 heterocycles. The molecule has 5 nitrogen and oxygen atoms in total. The molecular weight excluding hydrogens is 220 g/mol. The highest BCUT2D eigenvalue weighted by Gasteiger charge is 2.06. The lowest BCUT2D eigenvalue weighted by atomic mass is 10.1. The van der Waals surface area contributed by atoms with E-state index in [1.165, 1.54) is 6.07 Å². The molecule has 0 saturated heterocycles. The Hall–Kier alpha value is -2.04. The Balaban J connectivity index is 2.30. The number of carbonyl (C=O) groups is 2. The van der Waals surface area contributed by atoms with E-state index in [4.69, 9.17) is 5.73 Å². The summed E-state index contributed by atoms with van der Waals surface area (Å²) in [4.78, 5) is 21.9. The second-order valence-electron chi connectivity index (χ2n) is 3.73. The SMILES string of the molecule is NC(=O)CCCNC(=O)Cc1ccccc1O. The van der Waals surface area contributed by atoms with Crippen LogP contribution in [0.5, 0.6) is 5.75 Å². The number of amides is 2. The second kappa shape index (κ2) is 6.52. The highest BCUT2D eigenvalue weighted by Crippen LogP contribution is 2.15. The van der Waals surface area contributed by atoms with Crippen LogP contribution < -0.4 is 11.1 Å². The van der Waals surface area contributed by atoms with Crippen molar-refractivity contribution < 1.29 is 14.7 Å². The summed E-state index contributed by atoms with van der Waals surface area (Å²) < 4.78 is 0. The maximum atomic E-state index is 11.5. The fourth-order valence-corrected chi connectivity index (χ4v) is 1.39. The summed E-state index contributed by atoms with van der Waals surface area (Å²) in [6, 6.07) is 6.69. The van der Waals surface area contributed by atoms with E-state index >= 15 is 0 Å². The van der Waals surface area contributed by atoms with Crippen LogP contribution in [0.3, 0.4) is 0 Å². The number of primary amides is 1. The van der Waals surface area contributed by atoms with Crippen molar-refractivity contribution in [1.82, 2.24) is 5.32 Å². The van der Waals surface area contributed by atoms with E-state index in [2.05, 4.69) is 5.32 Å². The van der Waals surface area contributed by atoms with Gasteiger partial charge in [-0.3, -0.25) is 9.59 Å². The Bertz CT molecular complexity index is 404. The number of phenols is 1. The summed E-state index contributed by atoms with van der Waals surface area (Å²) in [7, 11) is 0. The van der Waals surface area contributed by atoms with Gasteiger partial charge in [-0.2, -0.15) is 0 Å². The van der Waals surface area contributed by atoms with Gasteiger partial charge < -0.3 is 16.2 Å². The molecule has 92 valence electrons. The zero-order valence-corrected chi connectivity index (χ0v) is 9.48. The number of benzene rings is 1. The van der Waals surface area contributed by atoms with E-state index in [0.717, 1.165) is 0 Å². The van der Waals surface area contributed by atoms with Gasteiger partial charge in [-0.05, 0) is 12.5 Å². The number of phenolic OH excluding ortho intramolecular Hbond substituents is 1. The van der Waals surface area contributed by atoms with Gasteiger partial charge in [0.15, 0.2) is 0 Å². The van der Waals surface area contributed by atoms with Gasteiger partial charge in [0, 0.05) is 18.5 Å². The summed E-state index contributed by atoms with van der Waals surface area (Å²) in [5, 5.41) is 12.1.